The number of amides is 1. The van der Waals surface area contributed by atoms with E-state index in [2.05, 4.69) is 22.3 Å². The third-order valence-corrected chi connectivity index (χ3v) is 4.71. The predicted octanol–water partition coefficient (Wildman–Crippen LogP) is 3.84. The van der Waals surface area contributed by atoms with E-state index in [0.717, 1.165) is 30.8 Å². The molecule has 1 aliphatic heterocycles. The molecule has 1 N–H and O–H groups in total. The van der Waals surface area contributed by atoms with E-state index in [1.165, 1.54) is 12.8 Å². The smallest absolute Gasteiger partial charge is 0.224 e. The normalized spacial score (nSPS) is 16.0. The molecule has 1 amide bonds. The Balaban J connectivity index is 1.66. The number of carbonyl (C=O) groups excluding carboxylic acids is 1. The summed E-state index contributed by atoms with van der Waals surface area (Å²) in [6.45, 7) is 3.11. The molecule has 0 aromatic heterocycles. The molecule has 3 nitrogen and oxygen atoms in total. The fraction of sp³-hybridized carbons (Fsp3) is 0.350. The number of hydrogen-bond acceptors (Lipinski definition) is 2. The van der Waals surface area contributed by atoms with Gasteiger partial charge in [0.15, 0.2) is 0 Å². The van der Waals surface area contributed by atoms with Crippen molar-refractivity contribution in [3.8, 4) is 0 Å². The second kappa shape index (κ2) is 8.32. The van der Waals surface area contributed by atoms with Crippen LogP contribution in [0.25, 0.3) is 0 Å². The van der Waals surface area contributed by atoms with E-state index in [1.807, 2.05) is 42.5 Å². The van der Waals surface area contributed by atoms with Crippen molar-refractivity contribution in [2.24, 2.45) is 0 Å². The Labute approximate surface area is 148 Å². The van der Waals surface area contributed by atoms with Gasteiger partial charge < -0.3 is 10.2 Å². The molecule has 0 spiro atoms. The first kappa shape index (κ1) is 17.0. The minimum Gasteiger partial charge on any atom is -0.348 e. The minimum absolute atomic E-state index is 0.0316. The first-order valence-electron chi connectivity index (χ1n) is 8.52. The van der Waals surface area contributed by atoms with Crippen LogP contribution in [-0.2, 0) is 11.2 Å². The van der Waals surface area contributed by atoms with Gasteiger partial charge in [-0.25, -0.2) is 0 Å². The van der Waals surface area contributed by atoms with E-state index in [4.69, 9.17) is 11.6 Å². The Kier molecular flexibility index (Phi) is 5.89. The van der Waals surface area contributed by atoms with Crippen molar-refractivity contribution >= 4 is 17.5 Å². The van der Waals surface area contributed by atoms with E-state index in [0.29, 0.717) is 11.4 Å². The van der Waals surface area contributed by atoms with Crippen LogP contribution in [0, 0.1) is 0 Å². The fourth-order valence-corrected chi connectivity index (χ4v) is 3.30. The molecule has 1 heterocycles. The molecule has 2 aromatic rings. The summed E-state index contributed by atoms with van der Waals surface area (Å²) in [5, 5.41) is 3.90. The molecule has 2 aromatic carbocycles. The van der Waals surface area contributed by atoms with Gasteiger partial charge in [0.05, 0.1) is 12.5 Å². The highest BCUT2D eigenvalue weighted by Crippen LogP contribution is 2.18. The summed E-state index contributed by atoms with van der Waals surface area (Å²) in [7, 11) is 0. The van der Waals surface area contributed by atoms with Crippen molar-refractivity contribution < 1.29 is 4.79 Å². The number of rotatable bonds is 6. The monoisotopic (exact) mass is 342 g/mol. The maximum Gasteiger partial charge on any atom is 0.224 e. The van der Waals surface area contributed by atoms with Gasteiger partial charge in [-0.1, -0.05) is 54.1 Å². The molecule has 1 fully saturated rings. The van der Waals surface area contributed by atoms with Crippen molar-refractivity contribution in [2.45, 2.75) is 25.3 Å². The van der Waals surface area contributed by atoms with E-state index in [-0.39, 0.29) is 11.9 Å². The van der Waals surface area contributed by atoms with Crippen molar-refractivity contribution in [1.82, 2.24) is 10.2 Å². The van der Waals surface area contributed by atoms with Gasteiger partial charge >= 0.3 is 0 Å². The van der Waals surface area contributed by atoms with Crippen LogP contribution in [0.4, 0.5) is 0 Å². The van der Waals surface area contributed by atoms with Gasteiger partial charge in [0, 0.05) is 11.6 Å². The largest absolute Gasteiger partial charge is 0.348 e. The number of halogens is 1. The molecule has 1 atom stereocenters. The van der Waals surface area contributed by atoms with E-state index in [1.54, 1.807) is 0 Å². The quantitative estimate of drug-likeness (QED) is 0.865. The fourth-order valence-electron chi connectivity index (χ4n) is 3.18. The topological polar surface area (TPSA) is 32.3 Å². The lowest BCUT2D eigenvalue weighted by Gasteiger charge is -2.25. The molecule has 0 radical (unpaired) electrons. The second-order valence-electron chi connectivity index (χ2n) is 6.34. The molecular weight excluding hydrogens is 320 g/mol. The average Bonchev–Trinajstić information content (AvgIpc) is 3.10. The number of nitrogens with zero attached hydrogens (tertiary/aromatic N) is 1. The Hall–Kier alpha value is -1.84. The highest BCUT2D eigenvalue weighted by molar-refractivity contribution is 6.30. The molecule has 24 heavy (non-hydrogen) atoms. The summed E-state index contributed by atoms with van der Waals surface area (Å²) >= 11 is 5.90. The van der Waals surface area contributed by atoms with Crippen molar-refractivity contribution in [3.05, 3.63) is 70.7 Å². The molecule has 0 saturated carbocycles. The first-order valence-corrected chi connectivity index (χ1v) is 8.89. The van der Waals surface area contributed by atoms with E-state index < -0.39 is 0 Å². The van der Waals surface area contributed by atoms with Crippen LogP contribution in [0.2, 0.25) is 5.02 Å². The Morgan fingerprint density at radius 2 is 1.71 bits per heavy atom. The molecule has 1 saturated heterocycles. The third kappa shape index (κ3) is 4.83. The van der Waals surface area contributed by atoms with Crippen LogP contribution >= 0.6 is 11.6 Å². The summed E-state index contributed by atoms with van der Waals surface area (Å²) in [6.07, 6.45) is 2.88. The van der Waals surface area contributed by atoms with E-state index >= 15 is 0 Å². The maximum atomic E-state index is 12.5. The lowest BCUT2D eigenvalue weighted by atomic mass is 10.1. The second-order valence-corrected chi connectivity index (χ2v) is 6.78. The minimum atomic E-state index is 0.0316. The van der Waals surface area contributed by atoms with Crippen LogP contribution < -0.4 is 5.32 Å². The van der Waals surface area contributed by atoms with Gasteiger partial charge in [0.25, 0.3) is 0 Å². The van der Waals surface area contributed by atoms with Gasteiger partial charge in [-0.2, -0.15) is 0 Å². The van der Waals surface area contributed by atoms with Crippen LogP contribution in [0.5, 0.6) is 0 Å². The SMILES string of the molecule is O=C(Cc1ccc(Cl)cc1)N[C@H](CN1CCCC1)c1ccccc1. The molecule has 4 heteroatoms. The van der Waals surface area contributed by atoms with Crippen LogP contribution in [0.15, 0.2) is 54.6 Å². The number of likely N-dealkylation sites (tertiary alicyclic amines) is 1. The van der Waals surface area contributed by atoms with Crippen LogP contribution in [-0.4, -0.2) is 30.4 Å². The molecule has 126 valence electrons. The van der Waals surface area contributed by atoms with Crippen molar-refractivity contribution in [2.75, 3.05) is 19.6 Å². The average molecular weight is 343 g/mol. The molecule has 0 unspecified atom stereocenters. The molecule has 0 aliphatic carbocycles. The predicted molar refractivity (Wildman–Crippen MR) is 98.2 cm³/mol. The zero-order valence-electron chi connectivity index (χ0n) is 13.7. The molecular formula is C20H23ClN2O. The summed E-state index contributed by atoms with van der Waals surface area (Å²) in [6, 6.07) is 17.7. The zero-order valence-corrected chi connectivity index (χ0v) is 14.5. The van der Waals surface area contributed by atoms with Gasteiger partial charge in [-0.15, -0.1) is 0 Å². The summed E-state index contributed by atoms with van der Waals surface area (Å²) < 4.78 is 0. The van der Waals surface area contributed by atoms with Crippen molar-refractivity contribution in [3.63, 3.8) is 0 Å². The molecule has 1 aliphatic rings. The number of benzene rings is 2. The Bertz CT molecular complexity index is 651. The molecule has 3 rings (SSSR count). The number of nitrogens with one attached hydrogen (secondary N) is 1. The highest BCUT2D eigenvalue weighted by atomic mass is 35.5. The molecule has 0 bridgehead atoms. The lowest BCUT2D eigenvalue weighted by molar-refractivity contribution is -0.121. The number of carbonyl (C=O) groups is 1. The van der Waals surface area contributed by atoms with Gasteiger partial charge in [-0.05, 0) is 49.2 Å². The van der Waals surface area contributed by atoms with Crippen LogP contribution in [0.1, 0.15) is 30.0 Å². The summed E-state index contributed by atoms with van der Waals surface area (Å²) in [5.74, 6) is 0.0466. The number of hydrogen-bond donors (Lipinski definition) is 1. The summed E-state index contributed by atoms with van der Waals surface area (Å²) in [4.78, 5) is 14.9. The van der Waals surface area contributed by atoms with E-state index in [9.17, 15) is 4.79 Å². The zero-order chi connectivity index (χ0) is 16.8. The first-order chi connectivity index (χ1) is 11.7. The van der Waals surface area contributed by atoms with Crippen LogP contribution in [0.3, 0.4) is 0 Å². The van der Waals surface area contributed by atoms with Gasteiger partial charge in [0.2, 0.25) is 5.91 Å². The van der Waals surface area contributed by atoms with Crippen molar-refractivity contribution in [1.29, 1.82) is 0 Å². The standard InChI is InChI=1S/C20H23ClN2O/c21-18-10-8-16(9-11-18)14-20(24)22-19(15-23-12-4-5-13-23)17-6-2-1-3-7-17/h1-3,6-11,19H,4-5,12-15H2,(H,22,24)/t19-/m1/s1. The summed E-state index contributed by atoms with van der Waals surface area (Å²) in [5.41, 5.74) is 2.14. The Morgan fingerprint density at radius 3 is 2.38 bits per heavy atom. The third-order valence-electron chi connectivity index (χ3n) is 4.45. The lowest BCUT2D eigenvalue weighted by Crippen LogP contribution is -2.37. The highest BCUT2D eigenvalue weighted by Gasteiger charge is 2.20. The Morgan fingerprint density at radius 1 is 1.04 bits per heavy atom. The van der Waals surface area contributed by atoms with Gasteiger partial charge in [0.1, 0.15) is 0 Å². The van der Waals surface area contributed by atoms with Gasteiger partial charge in [-0.3, -0.25) is 4.79 Å². The maximum absolute atomic E-state index is 12.5.